The van der Waals surface area contributed by atoms with Crippen LogP contribution in [0.25, 0.3) is 0 Å². The summed E-state index contributed by atoms with van der Waals surface area (Å²) in [6, 6.07) is 0. The van der Waals surface area contributed by atoms with E-state index in [-0.39, 0.29) is 0 Å². The topological polar surface area (TPSA) is 25.8 Å². The molecule has 2 aliphatic rings. The Bertz CT molecular complexity index is 634. The predicted molar refractivity (Wildman–Crippen MR) is 117 cm³/mol. The van der Waals surface area contributed by atoms with Gasteiger partial charge in [0.25, 0.3) is 0 Å². The van der Waals surface area contributed by atoms with Crippen molar-refractivity contribution in [3.63, 3.8) is 0 Å². The first kappa shape index (κ1) is 20.9. The Labute approximate surface area is 172 Å². The highest BCUT2D eigenvalue weighted by Gasteiger charge is 2.19. The first-order valence-electron chi connectivity index (χ1n) is 11.6. The van der Waals surface area contributed by atoms with E-state index >= 15 is 0 Å². The molecule has 2 heteroatoms. The van der Waals surface area contributed by atoms with Crippen LogP contribution in [0.2, 0.25) is 0 Å². The molecule has 0 bridgehead atoms. The summed E-state index contributed by atoms with van der Waals surface area (Å²) < 4.78 is 0. The summed E-state index contributed by atoms with van der Waals surface area (Å²) >= 11 is 0. The lowest BCUT2D eigenvalue weighted by molar-refractivity contribution is 0.300. The molecule has 0 saturated heterocycles. The molecule has 0 radical (unpaired) electrons. The molecule has 2 aliphatic carbocycles. The number of aromatic nitrogens is 2. The van der Waals surface area contributed by atoms with Crippen molar-refractivity contribution in [3.8, 4) is 23.7 Å². The SMILES string of the molecule is CCCC1CCC(C#Cc2cnc(C#CC3CCC(CCC)CC3)nc2)CC1. The van der Waals surface area contributed by atoms with Gasteiger partial charge in [0.1, 0.15) is 0 Å². The van der Waals surface area contributed by atoms with Crippen molar-refractivity contribution in [3.05, 3.63) is 23.8 Å². The van der Waals surface area contributed by atoms with Crippen LogP contribution in [0.5, 0.6) is 0 Å². The maximum Gasteiger partial charge on any atom is 0.204 e. The van der Waals surface area contributed by atoms with Gasteiger partial charge in [0, 0.05) is 24.2 Å². The van der Waals surface area contributed by atoms with Gasteiger partial charge in [-0.25, -0.2) is 9.97 Å². The Hall–Kier alpha value is -1.80. The molecule has 1 aromatic rings. The lowest BCUT2D eigenvalue weighted by Crippen LogP contribution is -2.13. The zero-order chi connectivity index (χ0) is 19.6. The highest BCUT2D eigenvalue weighted by molar-refractivity contribution is 5.32. The van der Waals surface area contributed by atoms with Gasteiger partial charge in [-0.1, -0.05) is 57.3 Å². The van der Waals surface area contributed by atoms with E-state index in [1.165, 1.54) is 77.0 Å². The van der Waals surface area contributed by atoms with E-state index in [1.54, 1.807) is 0 Å². The zero-order valence-electron chi connectivity index (χ0n) is 17.8. The molecule has 28 heavy (non-hydrogen) atoms. The molecule has 0 aliphatic heterocycles. The van der Waals surface area contributed by atoms with Crippen molar-refractivity contribution in [1.82, 2.24) is 9.97 Å². The van der Waals surface area contributed by atoms with E-state index in [4.69, 9.17) is 0 Å². The summed E-state index contributed by atoms with van der Waals surface area (Å²) in [5.74, 6) is 16.9. The van der Waals surface area contributed by atoms with Crippen molar-refractivity contribution in [1.29, 1.82) is 0 Å². The molecule has 2 fully saturated rings. The fourth-order valence-electron chi connectivity index (χ4n) is 4.82. The summed E-state index contributed by atoms with van der Waals surface area (Å²) in [5, 5.41) is 0. The molecular formula is C26H36N2. The second-order valence-corrected chi connectivity index (χ2v) is 8.85. The monoisotopic (exact) mass is 376 g/mol. The minimum Gasteiger partial charge on any atom is -0.228 e. The normalized spacial score (nSPS) is 27.2. The Morgan fingerprint density at radius 3 is 1.64 bits per heavy atom. The van der Waals surface area contributed by atoms with E-state index in [0.717, 1.165) is 17.4 Å². The minimum atomic E-state index is 0.527. The van der Waals surface area contributed by atoms with E-state index in [9.17, 15) is 0 Å². The number of nitrogens with zero attached hydrogens (tertiary/aromatic N) is 2. The standard InChI is InChI=1S/C26H36N2/c1-3-5-21-7-11-23(12-8-21)15-16-25-19-27-26(28-20-25)18-17-24-13-9-22(6-4-2)10-14-24/h19-24H,3-14H2,1-2H3. The van der Waals surface area contributed by atoms with Crippen LogP contribution in [0.1, 0.15) is 102 Å². The maximum atomic E-state index is 4.42. The van der Waals surface area contributed by atoms with E-state index in [0.29, 0.717) is 17.7 Å². The smallest absolute Gasteiger partial charge is 0.204 e. The van der Waals surface area contributed by atoms with Crippen LogP contribution in [0, 0.1) is 47.4 Å². The average Bonchev–Trinajstić information content (AvgIpc) is 2.74. The highest BCUT2D eigenvalue weighted by atomic mass is 14.8. The lowest BCUT2D eigenvalue weighted by atomic mass is 9.80. The maximum absolute atomic E-state index is 4.42. The number of hydrogen-bond donors (Lipinski definition) is 0. The molecule has 0 atom stereocenters. The van der Waals surface area contributed by atoms with Crippen LogP contribution in [-0.4, -0.2) is 9.97 Å². The molecule has 3 rings (SSSR count). The molecule has 150 valence electrons. The summed E-state index contributed by atoms with van der Waals surface area (Å²) in [6.07, 6.45) is 19.4. The van der Waals surface area contributed by atoms with Gasteiger partial charge < -0.3 is 0 Å². The second kappa shape index (κ2) is 11.3. The third-order valence-electron chi connectivity index (χ3n) is 6.55. The van der Waals surface area contributed by atoms with Gasteiger partial charge in [0.2, 0.25) is 5.82 Å². The minimum absolute atomic E-state index is 0.527. The third kappa shape index (κ3) is 6.67. The fourth-order valence-corrected chi connectivity index (χ4v) is 4.82. The van der Waals surface area contributed by atoms with E-state index in [1.807, 2.05) is 12.4 Å². The average molecular weight is 377 g/mol. The highest BCUT2D eigenvalue weighted by Crippen LogP contribution is 2.32. The Kier molecular flexibility index (Phi) is 8.42. The van der Waals surface area contributed by atoms with Gasteiger partial charge >= 0.3 is 0 Å². The molecular weight excluding hydrogens is 340 g/mol. The fraction of sp³-hybridized carbons (Fsp3) is 0.692. The van der Waals surface area contributed by atoms with Crippen LogP contribution < -0.4 is 0 Å². The summed E-state index contributed by atoms with van der Waals surface area (Å²) in [4.78, 5) is 8.84. The molecule has 0 amide bonds. The van der Waals surface area contributed by atoms with Gasteiger partial charge in [-0.05, 0) is 69.1 Å². The van der Waals surface area contributed by atoms with Crippen molar-refractivity contribution in [2.24, 2.45) is 23.7 Å². The first-order chi connectivity index (χ1) is 13.8. The largest absolute Gasteiger partial charge is 0.228 e. The molecule has 1 heterocycles. The molecule has 1 aromatic heterocycles. The molecule has 2 nitrogen and oxygen atoms in total. The number of hydrogen-bond acceptors (Lipinski definition) is 2. The number of rotatable bonds is 4. The third-order valence-corrected chi connectivity index (χ3v) is 6.55. The molecule has 0 unspecified atom stereocenters. The quantitative estimate of drug-likeness (QED) is 0.569. The Morgan fingerprint density at radius 2 is 1.18 bits per heavy atom. The van der Waals surface area contributed by atoms with Crippen LogP contribution in [-0.2, 0) is 0 Å². The Morgan fingerprint density at radius 1 is 0.714 bits per heavy atom. The Balaban J connectivity index is 1.46. The van der Waals surface area contributed by atoms with E-state index in [2.05, 4.69) is 47.5 Å². The molecule has 0 N–H and O–H groups in total. The van der Waals surface area contributed by atoms with Crippen LogP contribution in [0.3, 0.4) is 0 Å². The van der Waals surface area contributed by atoms with Gasteiger partial charge in [0.15, 0.2) is 0 Å². The van der Waals surface area contributed by atoms with Crippen molar-refractivity contribution >= 4 is 0 Å². The second-order valence-electron chi connectivity index (χ2n) is 8.85. The van der Waals surface area contributed by atoms with Crippen molar-refractivity contribution < 1.29 is 0 Å². The molecule has 2 saturated carbocycles. The molecule has 0 aromatic carbocycles. The van der Waals surface area contributed by atoms with Crippen molar-refractivity contribution in [2.45, 2.75) is 90.9 Å². The first-order valence-corrected chi connectivity index (χ1v) is 11.6. The van der Waals surface area contributed by atoms with Crippen LogP contribution in [0.4, 0.5) is 0 Å². The summed E-state index contributed by atoms with van der Waals surface area (Å²) in [7, 11) is 0. The van der Waals surface area contributed by atoms with Gasteiger partial charge in [-0.15, -0.1) is 0 Å². The summed E-state index contributed by atoms with van der Waals surface area (Å²) in [6.45, 7) is 4.58. The van der Waals surface area contributed by atoms with Gasteiger partial charge in [-0.3, -0.25) is 0 Å². The lowest BCUT2D eigenvalue weighted by Gasteiger charge is -2.25. The van der Waals surface area contributed by atoms with Crippen LogP contribution in [0.15, 0.2) is 12.4 Å². The van der Waals surface area contributed by atoms with Crippen LogP contribution >= 0.6 is 0 Å². The van der Waals surface area contributed by atoms with Crippen molar-refractivity contribution in [2.75, 3.05) is 0 Å². The van der Waals surface area contributed by atoms with Gasteiger partial charge in [-0.2, -0.15) is 0 Å². The van der Waals surface area contributed by atoms with E-state index < -0.39 is 0 Å². The molecule has 0 spiro atoms. The zero-order valence-corrected chi connectivity index (χ0v) is 17.8. The predicted octanol–water partition coefficient (Wildman–Crippen LogP) is 6.39. The van der Waals surface area contributed by atoms with Gasteiger partial charge in [0.05, 0.1) is 5.56 Å². The summed E-state index contributed by atoms with van der Waals surface area (Å²) in [5.41, 5.74) is 0.918.